The lowest BCUT2D eigenvalue weighted by molar-refractivity contribution is 0.101. The molecule has 2 heterocycles. The average Bonchev–Trinajstić information content (AvgIpc) is 2.76. The maximum atomic E-state index is 12.1. The fourth-order valence-electron chi connectivity index (χ4n) is 1.89. The van der Waals surface area contributed by atoms with Gasteiger partial charge in [0, 0.05) is 18.3 Å². The second-order valence-electron chi connectivity index (χ2n) is 4.06. The van der Waals surface area contributed by atoms with Crippen LogP contribution in [0.4, 0.5) is 0 Å². The number of fused-ring (bicyclic) bond motifs is 1. The standard InChI is InChI=1S/C15H11NO3/c1-18-11-5-6-12-13(9-11)19-14(15(12)17)8-10-4-2-3-7-16-10/h2-9H,1H3/b14-8-. The summed E-state index contributed by atoms with van der Waals surface area (Å²) >= 11 is 0. The van der Waals surface area contributed by atoms with Gasteiger partial charge in [-0.3, -0.25) is 9.78 Å². The summed E-state index contributed by atoms with van der Waals surface area (Å²) in [4.78, 5) is 16.3. The molecule has 0 fully saturated rings. The molecule has 4 nitrogen and oxygen atoms in total. The Kier molecular flexibility index (Phi) is 2.76. The molecule has 0 saturated carbocycles. The first-order valence-electron chi connectivity index (χ1n) is 5.81. The highest BCUT2D eigenvalue weighted by Crippen LogP contribution is 2.34. The Bertz CT molecular complexity index is 662. The highest BCUT2D eigenvalue weighted by molar-refractivity contribution is 6.14. The molecule has 94 valence electrons. The maximum Gasteiger partial charge on any atom is 0.232 e. The number of carbonyl (C=O) groups is 1. The Labute approximate surface area is 110 Å². The van der Waals surface area contributed by atoms with Gasteiger partial charge >= 0.3 is 0 Å². The minimum Gasteiger partial charge on any atom is -0.497 e. The molecule has 0 spiro atoms. The van der Waals surface area contributed by atoms with Crippen LogP contribution in [-0.4, -0.2) is 17.9 Å². The molecule has 1 aromatic carbocycles. The zero-order valence-corrected chi connectivity index (χ0v) is 10.3. The summed E-state index contributed by atoms with van der Waals surface area (Å²) in [7, 11) is 1.57. The summed E-state index contributed by atoms with van der Waals surface area (Å²) in [6.07, 6.45) is 3.30. The molecule has 0 bridgehead atoms. The van der Waals surface area contributed by atoms with Gasteiger partial charge in [-0.1, -0.05) is 6.07 Å². The van der Waals surface area contributed by atoms with Crippen LogP contribution in [0.15, 0.2) is 48.4 Å². The minimum atomic E-state index is -0.136. The van der Waals surface area contributed by atoms with Gasteiger partial charge in [-0.25, -0.2) is 0 Å². The molecule has 0 amide bonds. The smallest absolute Gasteiger partial charge is 0.232 e. The predicted molar refractivity (Wildman–Crippen MR) is 70.2 cm³/mol. The zero-order valence-electron chi connectivity index (χ0n) is 10.3. The Morgan fingerprint density at radius 2 is 2.16 bits per heavy atom. The summed E-state index contributed by atoms with van der Waals surface area (Å²) in [6, 6.07) is 10.6. The van der Waals surface area contributed by atoms with Crippen molar-refractivity contribution in [3.05, 3.63) is 59.6 Å². The number of aromatic nitrogens is 1. The van der Waals surface area contributed by atoms with E-state index in [1.807, 2.05) is 18.2 Å². The van der Waals surface area contributed by atoms with Gasteiger partial charge in [0.15, 0.2) is 5.76 Å². The summed E-state index contributed by atoms with van der Waals surface area (Å²) in [5, 5.41) is 0. The van der Waals surface area contributed by atoms with Crippen LogP contribution in [0, 0.1) is 0 Å². The van der Waals surface area contributed by atoms with E-state index >= 15 is 0 Å². The molecule has 0 atom stereocenters. The number of hydrogen-bond acceptors (Lipinski definition) is 4. The van der Waals surface area contributed by atoms with Crippen LogP contribution in [0.1, 0.15) is 16.1 Å². The molecule has 3 rings (SSSR count). The van der Waals surface area contributed by atoms with Crippen LogP contribution in [0.25, 0.3) is 6.08 Å². The Morgan fingerprint density at radius 3 is 2.89 bits per heavy atom. The number of nitrogens with zero attached hydrogens (tertiary/aromatic N) is 1. The molecule has 0 radical (unpaired) electrons. The van der Waals surface area contributed by atoms with Crippen molar-refractivity contribution in [2.75, 3.05) is 7.11 Å². The van der Waals surface area contributed by atoms with E-state index in [-0.39, 0.29) is 11.5 Å². The van der Waals surface area contributed by atoms with Crippen LogP contribution < -0.4 is 9.47 Å². The molecule has 2 aromatic rings. The first-order valence-corrected chi connectivity index (χ1v) is 5.81. The van der Waals surface area contributed by atoms with E-state index in [1.165, 1.54) is 0 Å². The van der Waals surface area contributed by atoms with Crippen LogP contribution in [0.5, 0.6) is 11.5 Å². The molecule has 1 aliphatic heterocycles. The molecule has 0 N–H and O–H groups in total. The lowest BCUT2D eigenvalue weighted by Crippen LogP contribution is -1.98. The number of allylic oxidation sites excluding steroid dienone is 1. The van der Waals surface area contributed by atoms with Crippen molar-refractivity contribution in [3.8, 4) is 11.5 Å². The van der Waals surface area contributed by atoms with Gasteiger partial charge in [-0.15, -0.1) is 0 Å². The fraction of sp³-hybridized carbons (Fsp3) is 0.0667. The second kappa shape index (κ2) is 4.57. The first kappa shape index (κ1) is 11.5. The number of ketones is 1. The van der Waals surface area contributed by atoms with Crippen LogP contribution in [-0.2, 0) is 0 Å². The van der Waals surface area contributed by atoms with Gasteiger partial charge in [0.05, 0.1) is 18.4 Å². The van der Waals surface area contributed by atoms with Crippen molar-refractivity contribution in [2.24, 2.45) is 0 Å². The number of methoxy groups -OCH3 is 1. The minimum absolute atomic E-state index is 0.136. The molecule has 4 heteroatoms. The van der Waals surface area contributed by atoms with Crippen molar-refractivity contribution in [1.29, 1.82) is 0 Å². The molecule has 0 unspecified atom stereocenters. The molecule has 0 saturated heterocycles. The number of Topliss-reactive ketones (excluding diaryl/α,β-unsaturated/α-hetero) is 1. The fourth-order valence-corrected chi connectivity index (χ4v) is 1.89. The number of carbonyl (C=O) groups excluding carboxylic acids is 1. The largest absolute Gasteiger partial charge is 0.497 e. The lowest BCUT2D eigenvalue weighted by Gasteiger charge is -2.01. The Balaban J connectivity index is 1.97. The maximum absolute atomic E-state index is 12.1. The van der Waals surface area contributed by atoms with E-state index in [1.54, 1.807) is 37.6 Å². The zero-order chi connectivity index (χ0) is 13.2. The number of pyridine rings is 1. The number of rotatable bonds is 2. The monoisotopic (exact) mass is 253 g/mol. The number of hydrogen-bond donors (Lipinski definition) is 0. The van der Waals surface area contributed by atoms with Crippen molar-refractivity contribution in [3.63, 3.8) is 0 Å². The van der Waals surface area contributed by atoms with Crippen molar-refractivity contribution >= 4 is 11.9 Å². The Hall–Kier alpha value is -2.62. The quantitative estimate of drug-likeness (QED) is 0.772. The predicted octanol–water partition coefficient (Wildman–Crippen LogP) is 2.71. The SMILES string of the molecule is COc1ccc2c(c1)O/C(=C\c1ccccn1)C2=O. The van der Waals surface area contributed by atoms with Crippen LogP contribution in [0.2, 0.25) is 0 Å². The molecular weight excluding hydrogens is 242 g/mol. The molecule has 1 aliphatic rings. The third kappa shape index (κ3) is 2.08. The van der Waals surface area contributed by atoms with Gasteiger partial charge in [0.25, 0.3) is 0 Å². The summed E-state index contributed by atoms with van der Waals surface area (Å²) in [5.41, 5.74) is 1.23. The molecular formula is C15H11NO3. The van der Waals surface area contributed by atoms with Gasteiger partial charge in [-0.2, -0.15) is 0 Å². The van der Waals surface area contributed by atoms with Crippen molar-refractivity contribution in [1.82, 2.24) is 4.98 Å². The summed E-state index contributed by atoms with van der Waals surface area (Å²) < 4.78 is 10.7. The van der Waals surface area contributed by atoms with Gasteiger partial charge in [0.1, 0.15) is 11.5 Å². The molecule has 19 heavy (non-hydrogen) atoms. The lowest BCUT2D eigenvalue weighted by atomic mass is 10.1. The Morgan fingerprint density at radius 1 is 1.26 bits per heavy atom. The third-order valence-corrected chi connectivity index (χ3v) is 2.84. The van der Waals surface area contributed by atoms with E-state index < -0.39 is 0 Å². The third-order valence-electron chi connectivity index (χ3n) is 2.84. The first-order chi connectivity index (χ1) is 9.28. The number of benzene rings is 1. The number of ether oxygens (including phenoxy) is 2. The van der Waals surface area contributed by atoms with E-state index in [2.05, 4.69) is 4.98 Å². The van der Waals surface area contributed by atoms with Crippen LogP contribution >= 0.6 is 0 Å². The molecule has 1 aromatic heterocycles. The van der Waals surface area contributed by atoms with E-state index in [0.29, 0.717) is 22.8 Å². The van der Waals surface area contributed by atoms with E-state index in [9.17, 15) is 4.79 Å². The van der Waals surface area contributed by atoms with Crippen molar-refractivity contribution in [2.45, 2.75) is 0 Å². The second-order valence-corrected chi connectivity index (χ2v) is 4.06. The topological polar surface area (TPSA) is 48.4 Å². The van der Waals surface area contributed by atoms with E-state index in [4.69, 9.17) is 9.47 Å². The van der Waals surface area contributed by atoms with Crippen LogP contribution in [0.3, 0.4) is 0 Å². The normalized spacial score (nSPS) is 15.2. The van der Waals surface area contributed by atoms with Gasteiger partial charge in [-0.05, 0) is 24.3 Å². The molecule has 0 aliphatic carbocycles. The highest BCUT2D eigenvalue weighted by Gasteiger charge is 2.27. The van der Waals surface area contributed by atoms with E-state index in [0.717, 1.165) is 0 Å². The highest BCUT2D eigenvalue weighted by atomic mass is 16.5. The van der Waals surface area contributed by atoms with Crippen molar-refractivity contribution < 1.29 is 14.3 Å². The average molecular weight is 253 g/mol. The summed E-state index contributed by atoms with van der Waals surface area (Å²) in [6.45, 7) is 0. The van der Waals surface area contributed by atoms with Gasteiger partial charge in [0.2, 0.25) is 5.78 Å². The van der Waals surface area contributed by atoms with Gasteiger partial charge < -0.3 is 9.47 Å². The summed E-state index contributed by atoms with van der Waals surface area (Å²) in [5.74, 6) is 1.32.